The number of halogens is 3. The van der Waals surface area contributed by atoms with Crippen LogP contribution in [0.4, 0.5) is 25.1 Å². The Balaban J connectivity index is 1.76. The molecule has 1 N–H and O–H groups in total. The lowest BCUT2D eigenvalue weighted by atomic mass is 10.2. The van der Waals surface area contributed by atoms with Crippen LogP contribution in [0.25, 0.3) is 21.5 Å². The molecule has 3 aromatic heterocycles. The van der Waals surface area contributed by atoms with Gasteiger partial charge in [-0.05, 0) is 42.6 Å². The van der Waals surface area contributed by atoms with Crippen molar-refractivity contribution in [3.05, 3.63) is 53.2 Å². The summed E-state index contributed by atoms with van der Waals surface area (Å²) in [4.78, 5) is 17.1. The first-order chi connectivity index (χ1) is 13.8. The number of methoxy groups -OCH3 is 1. The Morgan fingerprint density at radius 3 is 2.48 bits per heavy atom. The van der Waals surface area contributed by atoms with Gasteiger partial charge in [0.15, 0.2) is 5.69 Å². The van der Waals surface area contributed by atoms with Gasteiger partial charge in [0.2, 0.25) is 11.9 Å². The fourth-order valence-electron chi connectivity index (χ4n) is 2.74. The van der Waals surface area contributed by atoms with Gasteiger partial charge >= 0.3 is 6.18 Å². The zero-order valence-corrected chi connectivity index (χ0v) is 16.1. The minimum Gasteiger partial charge on any atom is -0.497 e. The Labute approximate surface area is 167 Å². The molecule has 4 aromatic rings. The first kappa shape index (κ1) is 19.1. The third kappa shape index (κ3) is 3.97. The molecule has 0 aliphatic heterocycles. The van der Waals surface area contributed by atoms with Crippen LogP contribution in [0.5, 0.6) is 5.75 Å². The van der Waals surface area contributed by atoms with Crippen molar-refractivity contribution in [2.45, 2.75) is 13.1 Å². The number of anilines is 2. The third-order valence-electron chi connectivity index (χ3n) is 4.11. The second-order valence-corrected chi connectivity index (χ2v) is 7.03. The maximum Gasteiger partial charge on any atom is 0.433 e. The van der Waals surface area contributed by atoms with Crippen molar-refractivity contribution in [1.82, 2.24) is 19.9 Å². The van der Waals surface area contributed by atoms with Crippen LogP contribution in [0.3, 0.4) is 0 Å². The minimum atomic E-state index is -4.61. The Hall–Kier alpha value is -3.27. The first-order valence-electron chi connectivity index (χ1n) is 8.43. The predicted molar refractivity (Wildman–Crippen MR) is 104 cm³/mol. The van der Waals surface area contributed by atoms with Gasteiger partial charge in [-0.25, -0.2) is 19.9 Å². The standard InChI is InChI=1S/C19H14F3N5OS/c1-10-12-8-11(28-2)5-6-13(12)24-17(23-10)27-18-25-14(15-4-3-7-29-15)9-16(26-18)19(20,21)22/h3-9H,1-2H3,(H,23,24,25,26,27). The Bertz CT molecular complexity index is 1180. The van der Waals surface area contributed by atoms with Crippen molar-refractivity contribution >= 4 is 34.1 Å². The van der Waals surface area contributed by atoms with Gasteiger partial charge in [0.1, 0.15) is 5.75 Å². The van der Waals surface area contributed by atoms with E-state index in [4.69, 9.17) is 4.74 Å². The molecule has 0 saturated heterocycles. The maximum absolute atomic E-state index is 13.3. The number of rotatable bonds is 4. The van der Waals surface area contributed by atoms with E-state index >= 15 is 0 Å². The summed E-state index contributed by atoms with van der Waals surface area (Å²) < 4.78 is 45.1. The van der Waals surface area contributed by atoms with Crippen LogP contribution in [0.2, 0.25) is 0 Å². The van der Waals surface area contributed by atoms with E-state index in [1.165, 1.54) is 11.3 Å². The maximum atomic E-state index is 13.3. The van der Waals surface area contributed by atoms with Crippen LogP contribution in [-0.4, -0.2) is 27.0 Å². The molecular formula is C19H14F3N5OS. The molecule has 3 heterocycles. The third-order valence-corrected chi connectivity index (χ3v) is 5.00. The van der Waals surface area contributed by atoms with E-state index in [1.54, 1.807) is 49.7 Å². The Kier molecular flexibility index (Phi) is 4.79. The topological polar surface area (TPSA) is 72.8 Å². The number of benzene rings is 1. The summed E-state index contributed by atoms with van der Waals surface area (Å²) in [5, 5.41) is 5.25. The van der Waals surface area contributed by atoms with E-state index in [9.17, 15) is 13.2 Å². The normalized spacial score (nSPS) is 11.6. The van der Waals surface area contributed by atoms with Gasteiger partial charge in [0.05, 0.1) is 28.9 Å². The molecule has 0 saturated carbocycles. The lowest BCUT2D eigenvalue weighted by Gasteiger charge is -2.11. The van der Waals surface area contributed by atoms with Gasteiger partial charge in [-0.3, -0.25) is 5.32 Å². The van der Waals surface area contributed by atoms with Crippen molar-refractivity contribution in [3.63, 3.8) is 0 Å². The molecule has 10 heteroatoms. The molecule has 148 valence electrons. The van der Waals surface area contributed by atoms with E-state index in [0.29, 0.717) is 21.8 Å². The Morgan fingerprint density at radius 2 is 1.79 bits per heavy atom. The van der Waals surface area contributed by atoms with Crippen molar-refractivity contribution in [1.29, 1.82) is 0 Å². The summed E-state index contributed by atoms with van der Waals surface area (Å²) >= 11 is 1.29. The fraction of sp³-hybridized carbons (Fsp3) is 0.158. The number of fused-ring (bicyclic) bond motifs is 1. The zero-order valence-electron chi connectivity index (χ0n) is 15.3. The summed E-state index contributed by atoms with van der Waals surface area (Å²) in [7, 11) is 1.56. The molecule has 4 rings (SSSR count). The van der Waals surface area contributed by atoms with Gasteiger partial charge in [0.25, 0.3) is 0 Å². The number of alkyl halides is 3. The van der Waals surface area contributed by atoms with Gasteiger partial charge in [0, 0.05) is 5.39 Å². The van der Waals surface area contributed by atoms with Crippen LogP contribution in [0, 0.1) is 6.92 Å². The Morgan fingerprint density at radius 1 is 1.00 bits per heavy atom. The average molecular weight is 417 g/mol. The molecule has 0 atom stereocenters. The molecule has 0 aliphatic rings. The highest BCUT2D eigenvalue weighted by molar-refractivity contribution is 7.13. The van der Waals surface area contributed by atoms with Crippen molar-refractivity contribution in [2.75, 3.05) is 12.4 Å². The highest BCUT2D eigenvalue weighted by atomic mass is 32.1. The number of hydrogen-bond donors (Lipinski definition) is 1. The van der Waals surface area contributed by atoms with Gasteiger partial charge in [-0.1, -0.05) is 6.07 Å². The number of aryl methyl sites for hydroxylation is 1. The van der Waals surface area contributed by atoms with Crippen molar-refractivity contribution in [2.24, 2.45) is 0 Å². The van der Waals surface area contributed by atoms with Crippen LogP contribution in [-0.2, 0) is 6.18 Å². The molecule has 0 aliphatic carbocycles. The average Bonchev–Trinajstić information content (AvgIpc) is 3.22. The molecule has 1 aromatic carbocycles. The van der Waals surface area contributed by atoms with Crippen molar-refractivity contribution in [3.8, 4) is 16.3 Å². The quantitative estimate of drug-likeness (QED) is 0.490. The minimum absolute atomic E-state index is 0.108. The van der Waals surface area contributed by atoms with Crippen LogP contribution in [0.15, 0.2) is 41.8 Å². The molecule has 0 unspecified atom stereocenters. The summed E-state index contributed by atoms with van der Waals surface area (Å²) in [5.41, 5.74) is 0.390. The van der Waals surface area contributed by atoms with E-state index in [0.717, 1.165) is 11.5 Å². The van der Waals surface area contributed by atoms with Crippen LogP contribution < -0.4 is 10.1 Å². The number of aromatic nitrogens is 4. The monoisotopic (exact) mass is 417 g/mol. The number of hydrogen-bond acceptors (Lipinski definition) is 7. The highest BCUT2D eigenvalue weighted by Crippen LogP contribution is 2.33. The fourth-order valence-corrected chi connectivity index (χ4v) is 3.43. The van der Waals surface area contributed by atoms with Gasteiger partial charge in [-0.2, -0.15) is 13.2 Å². The lowest BCUT2D eigenvalue weighted by molar-refractivity contribution is -0.141. The smallest absolute Gasteiger partial charge is 0.433 e. The van der Waals surface area contributed by atoms with Gasteiger partial charge in [-0.15, -0.1) is 11.3 Å². The highest BCUT2D eigenvalue weighted by Gasteiger charge is 2.34. The second-order valence-electron chi connectivity index (χ2n) is 6.08. The number of ether oxygens (including phenoxy) is 1. The molecule has 29 heavy (non-hydrogen) atoms. The molecule has 0 radical (unpaired) electrons. The summed E-state index contributed by atoms with van der Waals surface area (Å²) in [6, 6.07) is 9.65. The molecule has 6 nitrogen and oxygen atoms in total. The largest absolute Gasteiger partial charge is 0.497 e. The van der Waals surface area contributed by atoms with E-state index in [1.807, 2.05) is 0 Å². The summed E-state index contributed by atoms with van der Waals surface area (Å²) in [6.45, 7) is 1.78. The van der Waals surface area contributed by atoms with Gasteiger partial charge < -0.3 is 4.74 Å². The predicted octanol–water partition coefficient (Wildman–Crippen LogP) is 5.23. The van der Waals surface area contributed by atoms with Crippen molar-refractivity contribution < 1.29 is 17.9 Å². The van der Waals surface area contributed by atoms with Crippen LogP contribution in [0.1, 0.15) is 11.4 Å². The lowest BCUT2D eigenvalue weighted by Crippen LogP contribution is -2.12. The van der Waals surface area contributed by atoms with Crippen LogP contribution >= 0.6 is 11.3 Å². The number of thiophene rings is 1. The molecule has 0 spiro atoms. The molecule has 0 fully saturated rings. The van der Waals surface area contributed by atoms with E-state index in [2.05, 4.69) is 25.3 Å². The number of nitrogens with one attached hydrogen (secondary N) is 1. The molecular weight excluding hydrogens is 403 g/mol. The SMILES string of the molecule is COc1ccc2nc(Nc3nc(-c4cccs4)cc(C(F)(F)F)n3)nc(C)c2c1. The van der Waals surface area contributed by atoms with E-state index < -0.39 is 11.9 Å². The second kappa shape index (κ2) is 7.28. The molecule has 0 amide bonds. The van der Waals surface area contributed by atoms with E-state index in [-0.39, 0.29) is 17.6 Å². The summed E-state index contributed by atoms with van der Waals surface area (Å²) in [6.07, 6.45) is -4.61. The zero-order chi connectivity index (χ0) is 20.6. The number of nitrogens with zero attached hydrogens (tertiary/aromatic N) is 4. The first-order valence-corrected chi connectivity index (χ1v) is 9.31. The summed E-state index contributed by atoms with van der Waals surface area (Å²) in [5.74, 6) is 0.541. The molecule has 0 bridgehead atoms.